The van der Waals surface area contributed by atoms with E-state index in [1.807, 2.05) is 0 Å². The monoisotopic (exact) mass is 354 g/mol. The van der Waals surface area contributed by atoms with E-state index in [0.29, 0.717) is 11.8 Å². The Balaban J connectivity index is 1.61. The lowest BCUT2D eigenvalue weighted by molar-refractivity contribution is 0.110. The largest absolute Gasteiger partial charge is 0.393 e. The third-order valence-electron chi connectivity index (χ3n) is 5.86. The fraction of sp³-hybridized carbons (Fsp3) is 0.600. The molecule has 1 N–H and O–H groups in total. The summed E-state index contributed by atoms with van der Waals surface area (Å²) in [5, 5.41) is 10.4. The normalized spacial score (nSPS) is 22.9. The summed E-state index contributed by atoms with van der Waals surface area (Å²) in [5.74, 6) is 1.21. The highest BCUT2D eigenvalue weighted by Gasteiger charge is 2.33. The molecule has 1 unspecified atom stereocenters. The van der Waals surface area contributed by atoms with Crippen LogP contribution in [0.3, 0.4) is 0 Å². The Hall–Kier alpha value is -1.34. The molecule has 1 aromatic carbocycles. The van der Waals surface area contributed by atoms with Gasteiger partial charge in [0.25, 0.3) is 0 Å². The lowest BCUT2D eigenvalue weighted by Crippen LogP contribution is -2.18. The fourth-order valence-corrected chi connectivity index (χ4v) is 4.29. The van der Waals surface area contributed by atoms with Crippen molar-refractivity contribution >= 4 is 0 Å². The zero-order chi connectivity index (χ0) is 18.6. The SMILES string of the molecule is C=C(C)CCC/C=C\C[C@H]1CC[C@@H](O)C1CCCCCc1ccccc1. The average Bonchev–Trinajstić information content (AvgIpc) is 2.98. The second-order valence-corrected chi connectivity index (χ2v) is 8.21. The van der Waals surface area contributed by atoms with Crippen LogP contribution < -0.4 is 0 Å². The van der Waals surface area contributed by atoms with E-state index in [0.717, 1.165) is 25.7 Å². The molecule has 1 nitrogen and oxygen atoms in total. The molecule has 0 heterocycles. The highest BCUT2D eigenvalue weighted by Crippen LogP contribution is 2.38. The Kier molecular flexibility index (Phi) is 9.77. The first kappa shape index (κ1) is 21.0. The Morgan fingerprint density at radius 1 is 1.08 bits per heavy atom. The molecule has 0 radical (unpaired) electrons. The topological polar surface area (TPSA) is 20.2 Å². The zero-order valence-electron chi connectivity index (χ0n) is 16.7. The summed E-state index contributed by atoms with van der Waals surface area (Å²) in [5.41, 5.74) is 2.73. The molecule has 1 aromatic rings. The van der Waals surface area contributed by atoms with Gasteiger partial charge in [-0.15, -0.1) is 6.58 Å². The zero-order valence-corrected chi connectivity index (χ0v) is 16.7. The van der Waals surface area contributed by atoms with Gasteiger partial charge >= 0.3 is 0 Å². The van der Waals surface area contributed by atoms with Gasteiger partial charge in [0.15, 0.2) is 0 Å². The first-order chi connectivity index (χ1) is 12.7. The highest BCUT2D eigenvalue weighted by atomic mass is 16.3. The minimum Gasteiger partial charge on any atom is -0.393 e. The summed E-state index contributed by atoms with van der Waals surface area (Å²) in [6.07, 6.45) is 17.7. The van der Waals surface area contributed by atoms with Gasteiger partial charge in [0, 0.05) is 0 Å². The molecule has 0 aromatic heterocycles. The minimum atomic E-state index is -0.0639. The summed E-state index contributed by atoms with van der Waals surface area (Å²) in [6.45, 7) is 6.07. The van der Waals surface area contributed by atoms with E-state index in [9.17, 15) is 5.11 Å². The van der Waals surface area contributed by atoms with E-state index in [1.165, 1.54) is 56.1 Å². The molecule has 0 saturated heterocycles. The number of hydrogen-bond acceptors (Lipinski definition) is 1. The molecule has 1 fully saturated rings. The summed E-state index contributed by atoms with van der Waals surface area (Å²) in [6, 6.07) is 10.8. The van der Waals surface area contributed by atoms with Crippen LogP contribution in [0.2, 0.25) is 0 Å². The maximum atomic E-state index is 10.4. The number of aryl methyl sites for hydroxylation is 1. The van der Waals surface area contributed by atoms with Crippen molar-refractivity contribution in [3.8, 4) is 0 Å². The van der Waals surface area contributed by atoms with Gasteiger partial charge < -0.3 is 5.11 Å². The molecule has 0 spiro atoms. The van der Waals surface area contributed by atoms with Gasteiger partial charge in [0.05, 0.1) is 6.10 Å². The second-order valence-electron chi connectivity index (χ2n) is 8.21. The number of aliphatic hydroxyl groups is 1. The maximum absolute atomic E-state index is 10.4. The number of rotatable bonds is 12. The van der Waals surface area contributed by atoms with Crippen LogP contribution in [0.4, 0.5) is 0 Å². The van der Waals surface area contributed by atoms with Gasteiger partial charge in [0.1, 0.15) is 0 Å². The number of benzene rings is 1. The molecule has 144 valence electrons. The van der Waals surface area contributed by atoms with Crippen molar-refractivity contribution in [1.29, 1.82) is 0 Å². The van der Waals surface area contributed by atoms with E-state index < -0.39 is 0 Å². The van der Waals surface area contributed by atoms with Gasteiger partial charge in [0.2, 0.25) is 0 Å². The molecular formula is C25H38O. The third kappa shape index (κ3) is 7.91. The van der Waals surface area contributed by atoms with Crippen molar-refractivity contribution in [3.63, 3.8) is 0 Å². The first-order valence-electron chi connectivity index (χ1n) is 10.7. The predicted octanol–water partition coefficient (Wildman–Crippen LogP) is 6.87. The molecule has 0 amide bonds. The Morgan fingerprint density at radius 3 is 2.65 bits per heavy atom. The quantitative estimate of drug-likeness (QED) is 0.321. The summed E-state index contributed by atoms with van der Waals surface area (Å²) in [4.78, 5) is 0. The average molecular weight is 355 g/mol. The Labute approximate surface area is 161 Å². The molecule has 1 aliphatic rings. The molecule has 0 bridgehead atoms. The van der Waals surface area contributed by atoms with Crippen LogP contribution in [0, 0.1) is 11.8 Å². The Morgan fingerprint density at radius 2 is 1.88 bits per heavy atom. The smallest absolute Gasteiger partial charge is 0.0571 e. The molecule has 1 heteroatoms. The van der Waals surface area contributed by atoms with Gasteiger partial charge in [-0.2, -0.15) is 0 Å². The van der Waals surface area contributed by atoms with Crippen LogP contribution in [0.15, 0.2) is 54.6 Å². The number of allylic oxidation sites excluding steroid dienone is 3. The lowest BCUT2D eigenvalue weighted by atomic mass is 9.87. The van der Waals surface area contributed by atoms with Crippen molar-refractivity contribution in [2.45, 2.75) is 83.7 Å². The third-order valence-corrected chi connectivity index (χ3v) is 5.86. The molecule has 1 aliphatic carbocycles. The van der Waals surface area contributed by atoms with E-state index in [4.69, 9.17) is 0 Å². The van der Waals surface area contributed by atoms with E-state index in [-0.39, 0.29) is 6.10 Å². The second kappa shape index (κ2) is 12.1. The summed E-state index contributed by atoms with van der Waals surface area (Å²) >= 11 is 0. The van der Waals surface area contributed by atoms with Crippen molar-refractivity contribution in [3.05, 3.63) is 60.2 Å². The standard InChI is InChI=1S/C25H38O/c1-21(2)13-7-3-4-11-17-23-19-20-25(26)24(23)18-12-6-10-16-22-14-8-5-9-15-22/h4-5,8-9,11,14-15,23-26H,1,3,6-7,10,12-13,16-20H2,2H3/b11-4-/t23-,24?,25+/m0/s1. The molecular weight excluding hydrogens is 316 g/mol. The van der Waals surface area contributed by atoms with Crippen molar-refractivity contribution in [1.82, 2.24) is 0 Å². The summed E-state index contributed by atoms with van der Waals surface area (Å²) < 4.78 is 0. The molecule has 2 rings (SSSR count). The molecule has 3 atom stereocenters. The minimum absolute atomic E-state index is 0.0639. The predicted molar refractivity (Wildman–Crippen MR) is 113 cm³/mol. The van der Waals surface area contributed by atoms with Crippen LogP contribution in [0.25, 0.3) is 0 Å². The van der Waals surface area contributed by atoms with E-state index in [2.05, 4.69) is 56.0 Å². The molecule has 0 aliphatic heterocycles. The highest BCUT2D eigenvalue weighted by molar-refractivity contribution is 5.14. The number of unbranched alkanes of at least 4 members (excludes halogenated alkanes) is 3. The van der Waals surface area contributed by atoms with Crippen molar-refractivity contribution in [2.75, 3.05) is 0 Å². The van der Waals surface area contributed by atoms with Gasteiger partial charge in [-0.3, -0.25) is 0 Å². The fourth-order valence-electron chi connectivity index (χ4n) is 4.29. The summed E-state index contributed by atoms with van der Waals surface area (Å²) in [7, 11) is 0. The Bertz CT molecular complexity index is 530. The molecule has 26 heavy (non-hydrogen) atoms. The number of aliphatic hydroxyl groups excluding tert-OH is 1. The maximum Gasteiger partial charge on any atom is 0.0571 e. The number of hydrogen-bond donors (Lipinski definition) is 1. The van der Waals surface area contributed by atoms with Crippen molar-refractivity contribution < 1.29 is 5.11 Å². The van der Waals surface area contributed by atoms with Crippen LogP contribution in [0.1, 0.15) is 76.7 Å². The van der Waals surface area contributed by atoms with Gasteiger partial charge in [-0.1, -0.05) is 60.9 Å². The van der Waals surface area contributed by atoms with Crippen LogP contribution >= 0.6 is 0 Å². The van der Waals surface area contributed by atoms with Crippen LogP contribution in [-0.4, -0.2) is 11.2 Å². The van der Waals surface area contributed by atoms with Crippen LogP contribution in [0.5, 0.6) is 0 Å². The lowest BCUT2D eigenvalue weighted by Gasteiger charge is -2.21. The van der Waals surface area contributed by atoms with E-state index >= 15 is 0 Å². The van der Waals surface area contributed by atoms with Gasteiger partial charge in [-0.25, -0.2) is 0 Å². The van der Waals surface area contributed by atoms with Crippen LogP contribution in [-0.2, 0) is 6.42 Å². The molecule has 1 saturated carbocycles. The van der Waals surface area contributed by atoms with Crippen molar-refractivity contribution in [2.24, 2.45) is 11.8 Å². The van der Waals surface area contributed by atoms with Gasteiger partial charge in [-0.05, 0) is 82.1 Å². The first-order valence-corrected chi connectivity index (χ1v) is 10.7. The van der Waals surface area contributed by atoms with E-state index in [1.54, 1.807) is 0 Å².